The van der Waals surface area contributed by atoms with Gasteiger partial charge >= 0.3 is 0 Å². The van der Waals surface area contributed by atoms with Crippen molar-refractivity contribution in [2.45, 2.75) is 25.8 Å². The minimum Gasteiger partial charge on any atom is -0.494 e. The summed E-state index contributed by atoms with van der Waals surface area (Å²) in [6.45, 7) is 3.64. The maximum absolute atomic E-state index is 12.4. The van der Waals surface area contributed by atoms with Gasteiger partial charge in [-0.15, -0.1) is 0 Å². The molecule has 1 saturated heterocycles. The highest BCUT2D eigenvalue weighted by Gasteiger charge is 2.34. The lowest BCUT2D eigenvalue weighted by atomic mass is 10.1. The Kier molecular flexibility index (Phi) is 5.30. The van der Waals surface area contributed by atoms with Gasteiger partial charge in [0.05, 0.1) is 12.5 Å². The van der Waals surface area contributed by atoms with E-state index in [0.717, 1.165) is 16.9 Å². The summed E-state index contributed by atoms with van der Waals surface area (Å²) in [7, 11) is 0. The van der Waals surface area contributed by atoms with Crippen LogP contribution in [0, 0.1) is 0 Å². The van der Waals surface area contributed by atoms with Crippen LogP contribution in [0.15, 0.2) is 53.1 Å². The second-order valence-electron chi connectivity index (χ2n) is 6.72. The lowest BCUT2D eigenvalue weighted by Gasteiger charge is -2.16. The number of nitrogens with zero attached hydrogens (tertiary/aromatic N) is 3. The highest BCUT2D eigenvalue weighted by atomic mass is 35.5. The molecule has 1 atom stereocenters. The maximum Gasteiger partial charge on any atom is 0.232 e. The summed E-state index contributed by atoms with van der Waals surface area (Å²) in [6, 6.07) is 15.1. The first-order valence-electron chi connectivity index (χ1n) is 9.21. The molecule has 1 amide bonds. The van der Waals surface area contributed by atoms with Crippen molar-refractivity contribution in [2.24, 2.45) is 0 Å². The summed E-state index contributed by atoms with van der Waals surface area (Å²) in [4.78, 5) is 18.7. The number of ether oxygens (including phenoxy) is 1. The van der Waals surface area contributed by atoms with Crippen LogP contribution in [0.3, 0.4) is 0 Å². The van der Waals surface area contributed by atoms with E-state index in [1.807, 2.05) is 55.5 Å². The molecule has 7 heteroatoms. The summed E-state index contributed by atoms with van der Waals surface area (Å²) in [5, 5.41) is 4.74. The Morgan fingerprint density at radius 2 is 2.07 bits per heavy atom. The molecule has 1 unspecified atom stereocenters. The first-order valence-corrected chi connectivity index (χ1v) is 9.59. The maximum atomic E-state index is 12.4. The van der Waals surface area contributed by atoms with Gasteiger partial charge in [0.1, 0.15) is 5.75 Å². The average Bonchev–Trinajstić information content (AvgIpc) is 3.30. The van der Waals surface area contributed by atoms with Gasteiger partial charge in [-0.1, -0.05) is 28.9 Å². The third kappa shape index (κ3) is 4.02. The van der Waals surface area contributed by atoms with E-state index < -0.39 is 0 Å². The molecule has 2 heterocycles. The Morgan fingerprint density at radius 3 is 2.82 bits per heavy atom. The number of carbonyl (C=O) groups is 1. The van der Waals surface area contributed by atoms with Crippen LogP contribution in [0.2, 0.25) is 5.02 Å². The predicted molar refractivity (Wildman–Crippen MR) is 105 cm³/mol. The first kappa shape index (κ1) is 18.5. The minimum atomic E-state index is -0.101. The topological polar surface area (TPSA) is 68.5 Å². The van der Waals surface area contributed by atoms with E-state index in [1.54, 1.807) is 4.90 Å². The second kappa shape index (κ2) is 8.02. The molecular weight excluding hydrogens is 378 g/mol. The van der Waals surface area contributed by atoms with Crippen LogP contribution >= 0.6 is 11.6 Å². The third-order valence-corrected chi connectivity index (χ3v) is 4.93. The molecule has 0 bridgehead atoms. The van der Waals surface area contributed by atoms with Crippen molar-refractivity contribution >= 4 is 17.5 Å². The number of rotatable bonds is 6. The van der Waals surface area contributed by atoms with Gasteiger partial charge in [0.15, 0.2) is 0 Å². The SMILES string of the molecule is CCOc1ccc(-c2noc(C3CC(=O)N(Cc4cccc(Cl)c4)C3)n2)cc1. The van der Waals surface area contributed by atoms with E-state index in [-0.39, 0.29) is 11.8 Å². The van der Waals surface area contributed by atoms with Crippen molar-refractivity contribution in [2.75, 3.05) is 13.2 Å². The standard InChI is InChI=1S/C21H20ClN3O3/c1-2-27-18-8-6-15(7-9-18)20-23-21(28-24-20)16-11-19(26)25(13-16)12-14-4-3-5-17(22)10-14/h3-10,16H,2,11-13H2,1H3. The van der Waals surface area contributed by atoms with Crippen molar-refractivity contribution in [3.63, 3.8) is 0 Å². The average molecular weight is 398 g/mol. The van der Waals surface area contributed by atoms with Gasteiger partial charge in [0, 0.05) is 30.1 Å². The van der Waals surface area contributed by atoms with E-state index >= 15 is 0 Å². The van der Waals surface area contributed by atoms with Crippen LogP contribution in [0.5, 0.6) is 5.75 Å². The summed E-state index contributed by atoms with van der Waals surface area (Å²) < 4.78 is 10.9. The molecule has 1 fully saturated rings. The van der Waals surface area contributed by atoms with Crippen LogP contribution in [-0.4, -0.2) is 34.1 Å². The monoisotopic (exact) mass is 397 g/mol. The number of benzene rings is 2. The molecule has 0 aliphatic carbocycles. The molecule has 0 N–H and O–H groups in total. The Hall–Kier alpha value is -2.86. The van der Waals surface area contributed by atoms with Crippen molar-refractivity contribution in [1.29, 1.82) is 0 Å². The van der Waals surface area contributed by atoms with Gasteiger partial charge in [0.25, 0.3) is 0 Å². The smallest absolute Gasteiger partial charge is 0.232 e. The number of amides is 1. The number of carbonyl (C=O) groups excluding carboxylic acids is 1. The van der Waals surface area contributed by atoms with Crippen LogP contribution in [0.4, 0.5) is 0 Å². The number of likely N-dealkylation sites (tertiary alicyclic amines) is 1. The molecule has 2 aromatic carbocycles. The Bertz CT molecular complexity index is 971. The van der Waals surface area contributed by atoms with Crippen LogP contribution in [-0.2, 0) is 11.3 Å². The molecule has 1 aliphatic heterocycles. The third-order valence-electron chi connectivity index (χ3n) is 4.69. The van der Waals surface area contributed by atoms with E-state index in [9.17, 15) is 4.79 Å². The van der Waals surface area contributed by atoms with Crippen molar-refractivity contribution in [3.05, 3.63) is 65.0 Å². The summed E-state index contributed by atoms with van der Waals surface area (Å²) in [6.07, 6.45) is 0.367. The molecule has 3 aromatic rings. The quantitative estimate of drug-likeness (QED) is 0.620. The van der Waals surface area contributed by atoms with Crippen LogP contribution < -0.4 is 4.74 Å². The lowest BCUT2D eigenvalue weighted by Crippen LogP contribution is -2.24. The zero-order valence-corrected chi connectivity index (χ0v) is 16.2. The fourth-order valence-electron chi connectivity index (χ4n) is 3.33. The van der Waals surface area contributed by atoms with Crippen LogP contribution in [0.25, 0.3) is 11.4 Å². The largest absolute Gasteiger partial charge is 0.494 e. The molecule has 1 aliphatic rings. The molecule has 0 radical (unpaired) electrons. The van der Waals surface area contributed by atoms with E-state index in [4.69, 9.17) is 20.9 Å². The Morgan fingerprint density at radius 1 is 1.25 bits per heavy atom. The predicted octanol–water partition coefficient (Wildman–Crippen LogP) is 4.30. The molecule has 144 valence electrons. The fourth-order valence-corrected chi connectivity index (χ4v) is 3.54. The minimum absolute atomic E-state index is 0.0748. The van der Waals surface area contributed by atoms with Gasteiger partial charge in [0.2, 0.25) is 17.6 Å². The molecule has 0 saturated carbocycles. The normalized spacial score (nSPS) is 16.6. The van der Waals surface area contributed by atoms with Gasteiger partial charge in [-0.05, 0) is 48.9 Å². The number of hydrogen-bond acceptors (Lipinski definition) is 5. The molecule has 28 heavy (non-hydrogen) atoms. The zero-order chi connectivity index (χ0) is 19.5. The van der Waals surface area contributed by atoms with E-state index in [1.165, 1.54) is 0 Å². The van der Waals surface area contributed by atoms with Crippen molar-refractivity contribution in [1.82, 2.24) is 15.0 Å². The van der Waals surface area contributed by atoms with Crippen molar-refractivity contribution < 1.29 is 14.1 Å². The number of aromatic nitrogens is 2. The van der Waals surface area contributed by atoms with Crippen molar-refractivity contribution in [3.8, 4) is 17.1 Å². The molecule has 6 nitrogen and oxygen atoms in total. The van der Waals surface area contributed by atoms with E-state index in [2.05, 4.69) is 10.1 Å². The molecule has 0 spiro atoms. The molecular formula is C21H20ClN3O3. The Balaban J connectivity index is 1.44. The van der Waals surface area contributed by atoms with Gasteiger partial charge in [-0.3, -0.25) is 4.79 Å². The van der Waals surface area contributed by atoms with Gasteiger partial charge < -0.3 is 14.2 Å². The highest BCUT2D eigenvalue weighted by Crippen LogP contribution is 2.30. The summed E-state index contributed by atoms with van der Waals surface area (Å²) in [5.74, 6) is 1.78. The number of halogens is 1. The van der Waals surface area contributed by atoms with Gasteiger partial charge in [-0.2, -0.15) is 4.98 Å². The fraction of sp³-hybridized carbons (Fsp3) is 0.286. The summed E-state index contributed by atoms with van der Waals surface area (Å²) in [5.41, 5.74) is 1.85. The summed E-state index contributed by atoms with van der Waals surface area (Å²) >= 11 is 6.03. The number of hydrogen-bond donors (Lipinski definition) is 0. The van der Waals surface area contributed by atoms with E-state index in [0.29, 0.717) is 42.9 Å². The second-order valence-corrected chi connectivity index (χ2v) is 7.16. The lowest BCUT2D eigenvalue weighted by molar-refractivity contribution is -0.128. The van der Waals surface area contributed by atoms with Crippen LogP contribution in [0.1, 0.15) is 30.7 Å². The zero-order valence-electron chi connectivity index (χ0n) is 15.5. The molecule has 4 rings (SSSR count). The highest BCUT2D eigenvalue weighted by molar-refractivity contribution is 6.30. The van der Waals surface area contributed by atoms with Gasteiger partial charge in [-0.25, -0.2) is 0 Å². The molecule has 1 aromatic heterocycles. The Labute approximate surface area is 168 Å². The first-order chi connectivity index (χ1) is 13.6.